The Morgan fingerprint density at radius 2 is 1.62 bits per heavy atom. The second-order valence-corrected chi connectivity index (χ2v) is 5.01. The van der Waals surface area contributed by atoms with Crippen LogP contribution in [0.15, 0.2) is 42.5 Å². The normalized spacial score (nSPS) is 13.0. The van der Waals surface area contributed by atoms with Gasteiger partial charge in [-0.2, -0.15) is 0 Å². The van der Waals surface area contributed by atoms with Crippen LogP contribution in [0, 0.1) is 0 Å². The monoisotopic (exact) mass is 335 g/mol. The van der Waals surface area contributed by atoms with Gasteiger partial charge < -0.3 is 4.74 Å². The van der Waals surface area contributed by atoms with Gasteiger partial charge in [-0.15, -0.1) is 13.2 Å². The van der Waals surface area contributed by atoms with Gasteiger partial charge in [-0.05, 0) is 29.8 Å². The number of ether oxygens (including phenoxy) is 1. The van der Waals surface area contributed by atoms with Crippen LogP contribution in [0.1, 0.15) is 17.2 Å². The maximum absolute atomic E-state index is 12.3. The van der Waals surface area contributed by atoms with Gasteiger partial charge in [0.15, 0.2) is 0 Å². The molecule has 0 spiro atoms. The molecular formula is C14H8Cl2F3O2. The van der Waals surface area contributed by atoms with Crippen LogP contribution >= 0.6 is 23.2 Å². The van der Waals surface area contributed by atoms with Crippen molar-refractivity contribution >= 4 is 23.2 Å². The lowest BCUT2D eigenvalue weighted by Gasteiger charge is -2.13. The molecule has 1 unspecified atom stereocenters. The van der Waals surface area contributed by atoms with Gasteiger partial charge in [-0.25, -0.2) is 5.11 Å². The van der Waals surface area contributed by atoms with Crippen LogP contribution in [0.3, 0.4) is 0 Å². The standard InChI is InChI=1S/C14H8Cl2F3O2/c15-9-3-6-11(12(16)7-9)13(20)8-1-4-10(5-2-8)21-14(17,18)19/h1-7,13H. The molecule has 21 heavy (non-hydrogen) atoms. The number of rotatable bonds is 3. The molecule has 0 saturated carbocycles. The molecule has 1 radical (unpaired) electrons. The number of hydrogen-bond acceptors (Lipinski definition) is 1. The Balaban J connectivity index is 2.22. The van der Waals surface area contributed by atoms with E-state index in [4.69, 9.17) is 23.2 Å². The van der Waals surface area contributed by atoms with Gasteiger partial charge in [0, 0.05) is 15.6 Å². The minimum atomic E-state index is -4.77. The molecule has 111 valence electrons. The van der Waals surface area contributed by atoms with E-state index in [0.29, 0.717) is 10.6 Å². The molecule has 0 bridgehead atoms. The number of benzene rings is 2. The molecule has 0 saturated heterocycles. The maximum Gasteiger partial charge on any atom is 0.573 e. The van der Waals surface area contributed by atoms with Gasteiger partial charge in [-0.3, -0.25) is 0 Å². The fraction of sp³-hybridized carbons (Fsp3) is 0.143. The summed E-state index contributed by atoms with van der Waals surface area (Å²) < 4.78 is 39.9. The maximum atomic E-state index is 12.3. The van der Waals surface area contributed by atoms with Crippen molar-refractivity contribution in [3.05, 3.63) is 63.6 Å². The zero-order chi connectivity index (χ0) is 15.6. The van der Waals surface area contributed by atoms with E-state index in [1.54, 1.807) is 0 Å². The molecule has 0 heterocycles. The largest absolute Gasteiger partial charge is 0.573 e. The first-order chi connectivity index (χ1) is 9.76. The number of alkyl halides is 3. The van der Waals surface area contributed by atoms with Crippen molar-refractivity contribution in [1.29, 1.82) is 0 Å². The van der Waals surface area contributed by atoms with Crippen LogP contribution in [-0.2, 0) is 5.11 Å². The van der Waals surface area contributed by atoms with E-state index in [0.717, 1.165) is 12.1 Å². The van der Waals surface area contributed by atoms with Crippen molar-refractivity contribution in [2.45, 2.75) is 12.5 Å². The second-order valence-electron chi connectivity index (χ2n) is 4.16. The van der Waals surface area contributed by atoms with E-state index in [1.165, 1.54) is 30.3 Å². The van der Waals surface area contributed by atoms with Gasteiger partial charge in [0.1, 0.15) is 11.9 Å². The van der Waals surface area contributed by atoms with Crippen molar-refractivity contribution in [2.24, 2.45) is 0 Å². The van der Waals surface area contributed by atoms with Crippen LogP contribution in [0.5, 0.6) is 5.75 Å². The highest BCUT2D eigenvalue weighted by molar-refractivity contribution is 6.35. The summed E-state index contributed by atoms with van der Waals surface area (Å²) in [6, 6.07) is 9.14. The zero-order valence-corrected chi connectivity index (χ0v) is 11.8. The molecule has 2 nitrogen and oxygen atoms in total. The van der Waals surface area contributed by atoms with Crippen molar-refractivity contribution in [2.75, 3.05) is 0 Å². The van der Waals surface area contributed by atoms with Crippen LogP contribution < -0.4 is 4.74 Å². The van der Waals surface area contributed by atoms with Crippen molar-refractivity contribution in [1.82, 2.24) is 0 Å². The molecule has 2 aromatic rings. The van der Waals surface area contributed by atoms with Crippen LogP contribution in [0.4, 0.5) is 13.2 Å². The molecule has 1 atom stereocenters. The third kappa shape index (κ3) is 4.27. The highest BCUT2D eigenvalue weighted by atomic mass is 35.5. The van der Waals surface area contributed by atoms with Crippen molar-refractivity contribution in [3.8, 4) is 5.75 Å². The summed E-state index contributed by atoms with van der Waals surface area (Å²) in [5.41, 5.74) is 0.569. The summed E-state index contributed by atoms with van der Waals surface area (Å²) in [5, 5.41) is 12.9. The second kappa shape index (κ2) is 6.13. The van der Waals surface area contributed by atoms with Crippen LogP contribution in [0.2, 0.25) is 10.0 Å². The average molecular weight is 336 g/mol. The van der Waals surface area contributed by atoms with Gasteiger partial charge in [0.25, 0.3) is 0 Å². The Hall–Kier alpha value is -1.43. The first kappa shape index (κ1) is 15.9. The Bertz CT molecular complexity index is 627. The smallest absolute Gasteiger partial charge is 0.406 e. The van der Waals surface area contributed by atoms with E-state index < -0.39 is 12.5 Å². The average Bonchev–Trinajstić information content (AvgIpc) is 2.37. The molecule has 0 aliphatic rings. The summed E-state index contributed by atoms with van der Waals surface area (Å²) in [5.74, 6) is -0.388. The molecule has 2 rings (SSSR count). The molecule has 0 aromatic heterocycles. The summed E-state index contributed by atoms with van der Waals surface area (Å²) in [6.07, 6.45) is -6.09. The molecule has 0 fully saturated rings. The van der Waals surface area contributed by atoms with Crippen molar-refractivity contribution in [3.63, 3.8) is 0 Å². The van der Waals surface area contributed by atoms with Crippen LogP contribution in [0.25, 0.3) is 0 Å². The minimum Gasteiger partial charge on any atom is -0.406 e. The molecule has 0 aliphatic carbocycles. The minimum absolute atomic E-state index is 0.207. The fourth-order valence-corrected chi connectivity index (χ4v) is 2.25. The molecule has 7 heteroatoms. The molecule has 0 N–H and O–H groups in total. The van der Waals surface area contributed by atoms with Gasteiger partial charge in [-0.1, -0.05) is 41.4 Å². The Morgan fingerprint density at radius 1 is 1.00 bits per heavy atom. The molecule has 0 amide bonds. The van der Waals surface area contributed by atoms with Gasteiger partial charge in [0.05, 0.1) is 0 Å². The topological polar surface area (TPSA) is 29.1 Å². The highest BCUT2D eigenvalue weighted by Gasteiger charge is 2.31. The fourth-order valence-electron chi connectivity index (χ4n) is 1.74. The summed E-state index contributed by atoms with van der Waals surface area (Å²) >= 11 is 11.7. The zero-order valence-electron chi connectivity index (χ0n) is 10.3. The van der Waals surface area contributed by atoms with E-state index in [-0.39, 0.29) is 16.3 Å². The number of halogens is 5. The van der Waals surface area contributed by atoms with Crippen LogP contribution in [-0.4, -0.2) is 6.36 Å². The Kier molecular flexibility index (Phi) is 4.66. The lowest BCUT2D eigenvalue weighted by Crippen LogP contribution is -2.17. The van der Waals surface area contributed by atoms with E-state index >= 15 is 0 Å². The van der Waals surface area contributed by atoms with E-state index in [1.807, 2.05) is 0 Å². The van der Waals surface area contributed by atoms with Gasteiger partial charge >= 0.3 is 6.36 Å². The first-order valence-corrected chi connectivity index (χ1v) is 6.48. The first-order valence-electron chi connectivity index (χ1n) is 5.73. The Morgan fingerprint density at radius 3 is 2.14 bits per heavy atom. The molecule has 0 aliphatic heterocycles. The van der Waals surface area contributed by atoms with Crippen molar-refractivity contribution < 1.29 is 23.0 Å². The quantitative estimate of drug-likeness (QED) is 0.737. The summed E-state index contributed by atoms with van der Waals surface area (Å²) in [7, 11) is 0. The molecule has 2 aromatic carbocycles. The summed E-state index contributed by atoms with van der Waals surface area (Å²) in [4.78, 5) is 0. The Labute approximate surface area is 128 Å². The third-order valence-corrected chi connectivity index (χ3v) is 3.22. The number of hydrogen-bond donors (Lipinski definition) is 0. The summed E-state index contributed by atoms with van der Waals surface area (Å²) in [6.45, 7) is 0. The predicted octanol–water partition coefficient (Wildman–Crippen LogP) is 5.41. The predicted molar refractivity (Wildman–Crippen MR) is 72.1 cm³/mol. The third-order valence-electron chi connectivity index (χ3n) is 2.66. The van der Waals surface area contributed by atoms with E-state index in [9.17, 15) is 18.3 Å². The highest BCUT2D eigenvalue weighted by Crippen LogP contribution is 2.32. The SMILES string of the molecule is [O]C(c1ccc(OC(F)(F)F)cc1)c1ccc(Cl)cc1Cl. The molecular weight excluding hydrogens is 328 g/mol. The lowest BCUT2D eigenvalue weighted by atomic mass is 10.0. The van der Waals surface area contributed by atoms with E-state index in [2.05, 4.69) is 4.74 Å². The van der Waals surface area contributed by atoms with Gasteiger partial charge in [0.2, 0.25) is 0 Å². The lowest BCUT2D eigenvalue weighted by molar-refractivity contribution is -0.274.